The average Bonchev–Trinajstić information content (AvgIpc) is 2.20. The van der Waals surface area contributed by atoms with E-state index in [0.29, 0.717) is 12.2 Å². The summed E-state index contributed by atoms with van der Waals surface area (Å²) in [5, 5.41) is 0. The van der Waals surface area contributed by atoms with Crippen molar-refractivity contribution >= 4 is 5.69 Å². The molecule has 90 valence electrons. The minimum absolute atomic E-state index is 0.231. The Bertz CT molecular complexity index is 339. The molecule has 0 radical (unpaired) electrons. The number of likely N-dealkylation sites (N-methyl/N-ethyl adjacent to an activating group) is 2. The molecule has 0 unspecified atom stereocenters. The Morgan fingerprint density at radius 2 is 1.88 bits per heavy atom. The van der Waals surface area contributed by atoms with Crippen LogP contribution < -0.4 is 5.73 Å². The van der Waals surface area contributed by atoms with Gasteiger partial charge in [-0.1, -0.05) is 0 Å². The van der Waals surface area contributed by atoms with Gasteiger partial charge in [-0.05, 0) is 44.9 Å². The molecule has 0 saturated carbocycles. The van der Waals surface area contributed by atoms with Gasteiger partial charge >= 0.3 is 0 Å². The third-order valence-corrected chi connectivity index (χ3v) is 2.47. The first-order valence-corrected chi connectivity index (χ1v) is 5.36. The normalized spacial score (nSPS) is 11.4. The predicted octanol–water partition coefficient (Wildman–Crippen LogP) is 1.40. The molecule has 1 aromatic rings. The molecule has 0 bridgehead atoms. The monoisotopic (exact) mass is 225 g/mol. The van der Waals surface area contributed by atoms with Crippen LogP contribution in [0.3, 0.4) is 0 Å². The molecule has 3 nitrogen and oxygen atoms in total. The largest absolute Gasteiger partial charge is 0.398 e. The molecule has 0 atom stereocenters. The first-order valence-electron chi connectivity index (χ1n) is 5.36. The van der Waals surface area contributed by atoms with Crippen LogP contribution >= 0.6 is 0 Å². The first-order chi connectivity index (χ1) is 7.49. The lowest BCUT2D eigenvalue weighted by atomic mass is 10.1. The summed E-state index contributed by atoms with van der Waals surface area (Å²) >= 11 is 0. The second-order valence-electron chi connectivity index (χ2n) is 4.38. The van der Waals surface area contributed by atoms with Crippen LogP contribution in [-0.4, -0.2) is 44.0 Å². The zero-order valence-electron chi connectivity index (χ0n) is 10.2. The highest BCUT2D eigenvalue weighted by Gasteiger charge is 2.05. The summed E-state index contributed by atoms with van der Waals surface area (Å²) < 4.78 is 13.0. The van der Waals surface area contributed by atoms with Crippen molar-refractivity contribution in [2.24, 2.45) is 0 Å². The third kappa shape index (κ3) is 4.16. The lowest BCUT2D eigenvalue weighted by molar-refractivity contribution is 0.276. The maximum Gasteiger partial charge on any atom is 0.123 e. The fourth-order valence-electron chi connectivity index (χ4n) is 1.45. The molecule has 4 heteroatoms. The molecule has 0 aliphatic rings. The second kappa shape index (κ2) is 5.82. The van der Waals surface area contributed by atoms with Gasteiger partial charge in [-0.3, -0.25) is 0 Å². The van der Waals surface area contributed by atoms with Crippen LogP contribution in [0.5, 0.6) is 0 Å². The summed E-state index contributed by atoms with van der Waals surface area (Å²) in [6.45, 7) is 2.59. The molecular weight excluding hydrogens is 205 g/mol. The molecule has 0 fully saturated rings. The first kappa shape index (κ1) is 12.9. The van der Waals surface area contributed by atoms with Crippen LogP contribution in [0.2, 0.25) is 0 Å². The summed E-state index contributed by atoms with van der Waals surface area (Å²) in [6, 6.07) is 4.50. The van der Waals surface area contributed by atoms with E-state index in [1.165, 1.54) is 12.1 Å². The molecule has 0 aliphatic carbocycles. The molecule has 0 aliphatic heterocycles. The summed E-state index contributed by atoms with van der Waals surface area (Å²) in [6.07, 6.45) is 0. The molecule has 1 aromatic carbocycles. The van der Waals surface area contributed by atoms with E-state index in [1.54, 1.807) is 6.07 Å². The van der Waals surface area contributed by atoms with E-state index in [1.807, 2.05) is 21.1 Å². The number of anilines is 1. The maximum absolute atomic E-state index is 13.0. The quantitative estimate of drug-likeness (QED) is 0.769. The highest BCUT2D eigenvalue weighted by atomic mass is 19.1. The van der Waals surface area contributed by atoms with Crippen molar-refractivity contribution in [2.45, 2.75) is 6.54 Å². The van der Waals surface area contributed by atoms with Crippen LogP contribution in [0.1, 0.15) is 5.56 Å². The molecule has 0 spiro atoms. The van der Waals surface area contributed by atoms with Gasteiger partial charge < -0.3 is 15.5 Å². The third-order valence-electron chi connectivity index (χ3n) is 2.47. The zero-order valence-corrected chi connectivity index (χ0v) is 10.2. The van der Waals surface area contributed by atoms with Crippen molar-refractivity contribution in [3.63, 3.8) is 0 Å². The van der Waals surface area contributed by atoms with Gasteiger partial charge in [0.2, 0.25) is 0 Å². The standard InChI is InChI=1S/C12H20FN3/c1-15(2)6-7-16(3)9-10-8-11(13)4-5-12(10)14/h4-5,8H,6-7,9,14H2,1-3H3. The van der Waals surface area contributed by atoms with E-state index in [-0.39, 0.29) is 5.82 Å². The zero-order chi connectivity index (χ0) is 12.1. The van der Waals surface area contributed by atoms with Crippen molar-refractivity contribution in [2.75, 3.05) is 40.0 Å². The van der Waals surface area contributed by atoms with Gasteiger partial charge in [-0.2, -0.15) is 0 Å². The van der Waals surface area contributed by atoms with Crippen molar-refractivity contribution in [1.82, 2.24) is 9.80 Å². The van der Waals surface area contributed by atoms with Crippen LogP contribution in [0, 0.1) is 5.82 Å². The van der Waals surface area contributed by atoms with Gasteiger partial charge in [-0.25, -0.2) is 4.39 Å². The smallest absolute Gasteiger partial charge is 0.123 e. The Kier molecular flexibility index (Phi) is 4.71. The van der Waals surface area contributed by atoms with Gasteiger partial charge in [-0.15, -0.1) is 0 Å². The highest BCUT2D eigenvalue weighted by molar-refractivity contribution is 5.46. The van der Waals surface area contributed by atoms with Crippen LogP contribution in [0.4, 0.5) is 10.1 Å². The Labute approximate surface area is 96.6 Å². The minimum Gasteiger partial charge on any atom is -0.398 e. The number of hydrogen-bond acceptors (Lipinski definition) is 3. The molecular formula is C12H20FN3. The molecule has 2 N–H and O–H groups in total. The maximum atomic E-state index is 13.0. The lowest BCUT2D eigenvalue weighted by Crippen LogP contribution is -2.28. The SMILES string of the molecule is CN(C)CCN(C)Cc1cc(F)ccc1N. The number of benzene rings is 1. The Morgan fingerprint density at radius 1 is 1.19 bits per heavy atom. The highest BCUT2D eigenvalue weighted by Crippen LogP contribution is 2.14. The molecule has 0 amide bonds. The van der Waals surface area contributed by atoms with Crippen molar-refractivity contribution in [3.05, 3.63) is 29.6 Å². The van der Waals surface area contributed by atoms with Gasteiger partial charge in [0.05, 0.1) is 0 Å². The fourth-order valence-corrected chi connectivity index (χ4v) is 1.45. The number of hydrogen-bond donors (Lipinski definition) is 1. The number of rotatable bonds is 5. The van der Waals surface area contributed by atoms with E-state index in [9.17, 15) is 4.39 Å². The van der Waals surface area contributed by atoms with E-state index < -0.39 is 0 Å². The number of nitrogen functional groups attached to an aromatic ring is 1. The second-order valence-corrected chi connectivity index (χ2v) is 4.38. The Balaban J connectivity index is 2.55. The minimum atomic E-state index is -0.231. The Morgan fingerprint density at radius 3 is 2.50 bits per heavy atom. The molecule has 0 aromatic heterocycles. The number of nitrogens with zero attached hydrogens (tertiary/aromatic N) is 2. The van der Waals surface area contributed by atoms with E-state index in [2.05, 4.69) is 9.80 Å². The molecule has 0 heterocycles. The van der Waals surface area contributed by atoms with Gasteiger partial charge in [0.25, 0.3) is 0 Å². The van der Waals surface area contributed by atoms with Crippen molar-refractivity contribution < 1.29 is 4.39 Å². The van der Waals surface area contributed by atoms with Crippen molar-refractivity contribution in [3.8, 4) is 0 Å². The fraction of sp³-hybridized carbons (Fsp3) is 0.500. The predicted molar refractivity (Wildman–Crippen MR) is 65.7 cm³/mol. The average molecular weight is 225 g/mol. The van der Waals surface area contributed by atoms with Crippen LogP contribution in [0.15, 0.2) is 18.2 Å². The number of halogens is 1. The van der Waals surface area contributed by atoms with Gasteiger partial charge in [0.1, 0.15) is 5.82 Å². The van der Waals surface area contributed by atoms with Gasteiger partial charge in [0, 0.05) is 25.3 Å². The topological polar surface area (TPSA) is 32.5 Å². The lowest BCUT2D eigenvalue weighted by Gasteiger charge is -2.20. The summed E-state index contributed by atoms with van der Waals surface area (Å²) in [5.41, 5.74) is 7.29. The van der Waals surface area contributed by atoms with Gasteiger partial charge in [0.15, 0.2) is 0 Å². The van der Waals surface area contributed by atoms with E-state index >= 15 is 0 Å². The summed E-state index contributed by atoms with van der Waals surface area (Å²) in [5.74, 6) is -0.231. The summed E-state index contributed by atoms with van der Waals surface area (Å²) in [7, 11) is 6.07. The van der Waals surface area contributed by atoms with Crippen LogP contribution in [-0.2, 0) is 6.54 Å². The molecule has 16 heavy (non-hydrogen) atoms. The molecule has 0 saturated heterocycles. The van der Waals surface area contributed by atoms with E-state index in [4.69, 9.17) is 5.73 Å². The summed E-state index contributed by atoms with van der Waals surface area (Å²) in [4.78, 5) is 4.25. The number of nitrogens with two attached hydrogens (primary N) is 1. The van der Waals surface area contributed by atoms with E-state index in [0.717, 1.165) is 18.7 Å². The Hall–Kier alpha value is -1.13. The van der Waals surface area contributed by atoms with Crippen molar-refractivity contribution in [1.29, 1.82) is 0 Å². The van der Waals surface area contributed by atoms with Crippen LogP contribution in [0.25, 0.3) is 0 Å². The molecule has 1 rings (SSSR count).